The Bertz CT molecular complexity index is 504. The monoisotopic (exact) mass is 292 g/mol. The highest BCUT2D eigenvalue weighted by atomic mass is 32.1. The van der Waals surface area contributed by atoms with Gasteiger partial charge in [-0.2, -0.15) is 0 Å². The van der Waals surface area contributed by atoms with E-state index in [4.69, 9.17) is 0 Å². The molecule has 1 saturated carbocycles. The lowest BCUT2D eigenvalue weighted by atomic mass is 9.91. The first-order valence-corrected chi connectivity index (χ1v) is 8.39. The smallest absolute Gasteiger partial charge is 0.226 e. The van der Waals surface area contributed by atoms with Crippen LogP contribution in [-0.4, -0.2) is 30.9 Å². The third-order valence-electron chi connectivity index (χ3n) is 5.19. The van der Waals surface area contributed by atoms with Crippen molar-refractivity contribution in [3.63, 3.8) is 0 Å². The quantitative estimate of drug-likeness (QED) is 0.929. The van der Waals surface area contributed by atoms with Gasteiger partial charge in [-0.3, -0.25) is 4.79 Å². The Morgan fingerprint density at radius 3 is 2.75 bits per heavy atom. The van der Waals surface area contributed by atoms with Gasteiger partial charge in [-0.1, -0.05) is 0 Å². The van der Waals surface area contributed by atoms with Crippen LogP contribution in [0.3, 0.4) is 0 Å². The van der Waals surface area contributed by atoms with Crippen LogP contribution >= 0.6 is 11.3 Å². The van der Waals surface area contributed by atoms with Gasteiger partial charge in [0.2, 0.25) is 5.91 Å². The molecule has 1 amide bonds. The standard InChI is InChI=1S/C16H24N2OS/c1-11-4-5-14(20-11)12(2)18(3)15(19)13-10-16(13)6-8-17-9-7-16/h4-5,12-13,17H,6-10H2,1-3H3. The molecular formula is C16H24N2OS. The number of nitrogens with zero attached hydrogens (tertiary/aromatic N) is 1. The van der Waals surface area contributed by atoms with E-state index in [9.17, 15) is 4.79 Å². The summed E-state index contributed by atoms with van der Waals surface area (Å²) in [5, 5.41) is 3.40. The van der Waals surface area contributed by atoms with Crippen LogP contribution in [0.25, 0.3) is 0 Å². The zero-order valence-corrected chi connectivity index (χ0v) is 13.4. The summed E-state index contributed by atoms with van der Waals surface area (Å²) < 4.78 is 0. The maximum absolute atomic E-state index is 12.7. The van der Waals surface area contributed by atoms with Crippen molar-refractivity contribution in [1.29, 1.82) is 0 Å². The van der Waals surface area contributed by atoms with Gasteiger partial charge in [0.1, 0.15) is 0 Å². The summed E-state index contributed by atoms with van der Waals surface area (Å²) in [6.07, 6.45) is 3.45. The number of nitrogens with one attached hydrogen (secondary N) is 1. The van der Waals surface area contributed by atoms with E-state index in [1.807, 2.05) is 11.9 Å². The molecule has 3 rings (SSSR count). The number of hydrogen-bond donors (Lipinski definition) is 1. The minimum atomic E-state index is 0.195. The van der Waals surface area contributed by atoms with E-state index in [2.05, 4.69) is 31.3 Å². The average Bonchev–Trinajstić information content (AvgIpc) is 2.95. The van der Waals surface area contributed by atoms with Crippen LogP contribution in [0.15, 0.2) is 12.1 Å². The molecule has 0 bridgehead atoms. The normalized spacial score (nSPS) is 25.4. The first-order valence-electron chi connectivity index (χ1n) is 7.57. The van der Waals surface area contributed by atoms with Crippen LogP contribution in [0.2, 0.25) is 0 Å². The van der Waals surface area contributed by atoms with Crippen molar-refractivity contribution in [1.82, 2.24) is 10.2 Å². The fourth-order valence-corrected chi connectivity index (χ4v) is 4.45. The SMILES string of the molecule is Cc1ccc(C(C)N(C)C(=O)C2CC23CCNCC3)s1. The third kappa shape index (κ3) is 2.40. The Labute approximate surface area is 125 Å². The number of rotatable bonds is 3. The van der Waals surface area contributed by atoms with E-state index in [-0.39, 0.29) is 12.0 Å². The topological polar surface area (TPSA) is 32.3 Å². The van der Waals surface area contributed by atoms with E-state index in [0.29, 0.717) is 11.3 Å². The minimum absolute atomic E-state index is 0.195. The number of piperidine rings is 1. The molecule has 1 aliphatic heterocycles. The summed E-state index contributed by atoms with van der Waals surface area (Å²) in [4.78, 5) is 17.3. The predicted molar refractivity (Wildman–Crippen MR) is 82.9 cm³/mol. The summed E-state index contributed by atoms with van der Waals surface area (Å²) >= 11 is 1.80. The van der Waals surface area contributed by atoms with Crippen molar-refractivity contribution < 1.29 is 4.79 Å². The van der Waals surface area contributed by atoms with Crippen LogP contribution in [-0.2, 0) is 4.79 Å². The number of carbonyl (C=O) groups is 1. The summed E-state index contributed by atoms with van der Waals surface area (Å²) in [6.45, 7) is 6.41. The molecule has 2 unspecified atom stereocenters. The molecule has 1 aromatic rings. The molecule has 1 N–H and O–H groups in total. The highest BCUT2D eigenvalue weighted by Gasteiger charge is 2.58. The molecule has 1 spiro atoms. The lowest BCUT2D eigenvalue weighted by Gasteiger charge is -2.28. The van der Waals surface area contributed by atoms with Gasteiger partial charge in [-0.25, -0.2) is 0 Å². The second-order valence-corrected chi connectivity index (χ2v) is 7.76. The fraction of sp³-hybridized carbons (Fsp3) is 0.688. The predicted octanol–water partition coefficient (Wildman–Crippen LogP) is 2.97. The Morgan fingerprint density at radius 2 is 2.15 bits per heavy atom. The molecular weight excluding hydrogens is 268 g/mol. The maximum Gasteiger partial charge on any atom is 0.226 e. The average molecular weight is 292 g/mol. The molecule has 1 aliphatic carbocycles. The van der Waals surface area contributed by atoms with Crippen LogP contribution < -0.4 is 5.32 Å². The molecule has 2 fully saturated rings. The van der Waals surface area contributed by atoms with Gasteiger partial charge in [-0.05, 0) is 63.7 Å². The molecule has 110 valence electrons. The first kappa shape index (κ1) is 14.1. The highest BCUT2D eigenvalue weighted by molar-refractivity contribution is 7.12. The molecule has 4 heteroatoms. The number of amides is 1. The van der Waals surface area contributed by atoms with Crippen LogP contribution in [0.4, 0.5) is 0 Å². The number of hydrogen-bond acceptors (Lipinski definition) is 3. The van der Waals surface area contributed by atoms with Crippen molar-refractivity contribution in [3.8, 4) is 0 Å². The molecule has 1 aromatic heterocycles. The van der Waals surface area contributed by atoms with Gasteiger partial charge in [0.25, 0.3) is 0 Å². The molecule has 20 heavy (non-hydrogen) atoms. The van der Waals surface area contributed by atoms with Crippen molar-refractivity contribution in [2.24, 2.45) is 11.3 Å². The second-order valence-electron chi connectivity index (χ2n) is 6.44. The van der Waals surface area contributed by atoms with E-state index in [1.54, 1.807) is 11.3 Å². The summed E-state index contributed by atoms with van der Waals surface area (Å²) in [5.74, 6) is 0.628. The molecule has 2 atom stereocenters. The molecule has 2 aliphatic rings. The van der Waals surface area contributed by atoms with Gasteiger partial charge >= 0.3 is 0 Å². The Kier molecular flexibility index (Phi) is 3.63. The molecule has 3 nitrogen and oxygen atoms in total. The number of carbonyl (C=O) groups excluding carboxylic acids is 1. The molecule has 0 aromatic carbocycles. The lowest BCUT2D eigenvalue weighted by Crippen LogP contribution is -2.35. The first-order chi connectivity index (χ1) is 9.53. The van der Waals surface area contributed by atoms with Gasteiger partial charge in [0, 0.05) is 22.7 Å². The van der Waals surface area contributed by atoms with Crippen molar-refractivity contribution >= 4 is 17.2 Å². The van der Waals surface area contributed by atoms with Gasteiger partial charge in [0.05, 0.1) is 6.04 Å². The summed E-state index contributed by atoms with van der Waals surface area (Å²) in [6, 6.07) is 4.49. The van der Waals surface area contributed by atoms with E-state index >= 15 is 0 Å². The fourth-order valence-electron chi connectivity index (χ4n) is 3.48. The third-order valence-corrected chi connectivity index (χ3v) is 6.36. The molecule has 1 saturated heterocycles. The van der Waals surface area contributed by atoms with E-state index in [1.165, 1.54) is 22.6 Å². The van der Waals surface area contributed by atoms with E-state index in [0.717, 1.165) is 19.5 Å². The summed E-state index contributed by atoms with van der Waals surface area (Å²) in [5.41, 5.74) is 0.335. The minimum Gasteiger partial charge on any atom is -0.338 e. The molecule has 2 heterocycles. The Morgan fingerprint density at radius 1 is 1.45 bits per heavy atom. The number of thiophene rings is 1. The van der Waals surface area contributed by atoms with Crippen LogP contribution in [0, 0.1) is 18.3 Å². The lowest BCUT2D eigenvalue weighted by molar-refractivity contribution is -0.134. The van der Waals surface area contributed by atoms with Gasteiger partial charge in [-0.15, -0.1) is 11.3 Å². The van der Waals surface area contributed by atoms with Crippen molar-refractivity contribution in [2.45, 2.75) is 39.2 Å². The Balaban J connectivity index is 1.65. The Hall–Kier alpha value is -0.870. The second kappa shape index (κ2) is 5.15. The molecule has 0 radical (unpaired) electrons. The summed E-state index contributed by atoms with van der Waals surface area (Å²) in [7, 11) is 1.97. The number of aryl methyl sites for hydroxylation is 1. The highest BCUT2D eigenvalue weighted by Crippen LogP contribution is 2.59. The van der Waals surface area contributed by atoms with Gasteiger partial charge in [0.15, 0.2) is 0 Å². The largest absolute Gasteiger partial charge is 0.338 e. The van der Waals surface area contributed by atoms with Crippen molar-refractivity contribution in [3.05, 3.63) is 21.9 Å². The van der Waals surface area contributed by atoms with Crippen LogP contribution in [0.5, 0.6) is 0 Å². The van der Waals surface area contributed by atoms with Crippen LogP contribution in [0.1, 0.15) is 42.0 Å². The van der Waals surface area contributed by atoms with E-state index < -0.39 is 0 Å². The van der Waals surface area contributed by atoms with Gasteiger partial charge < -0.3 is 10.2 Å². The zero-order chi connectivity index (χ0) is 14.3. The maximum atomic E-state index is 12.7. The zero-order valence-electron chi connectivity index (χ0n) is 12.6. The van der Waals surface area contributed by atoms with Crippen molar-refractivity contribution in [2.75, 3.05) is 20.1 Å².